The molecule has 3 nitrogen and oxygen atoms in total. The van der Waals surface area contributed by atoms with Crippen LogP contribution in [0.25, 0.3) is 0 Å². The van der Waals surface area contributed by atoms with Crippen LogP contribution in [-0.4, -0.2) is 23.3 Å². The molecule has 0 saturated carbocycles. The number of carbonyl (C=O) groups is 1. The second-order valence-corrected chi connectivity index (χ2v) is 3.90. The van der Waals surface area contributed by atoms with E-state index in [1.165, 1.54) is 32.3 Å². The Kier molecular flexibility index (Phi) is 7.05. The van der Waals surface area contributed by atoms with Crippen LogP contribution in [0.2, 0.25) is 0 Å². The molecule has 0 aliphatic carbocycles. The average molecular weight is 214 g/mol. The number of unbranched alkanes of at least 4 members (excludes halogenated alkanes) is 4. The third kappa shape index (κ3) is 6.28. The van der Waals surface area contributed by atoms with Gasteiger partial charge in [-0.3, -0.25) is 0 Å². The highest BCUT2D eigenvalue weighted by Gasteiger charge is 2.27. The Balaban J connectivity index is 3.51. The van der Waals surface area contributed by atoms with Crippen molar-refractivity contribution in [3.63, 3.8) is 0 Å². The van der Waals surface area contributed by atoms with Gasteiger partial charge in [-0.05, 0) is 19.4 Å². The van der Waals surface area contributed by atoms with Crippen molar-refractivity contribution in [2.75, 3.05) is 6.61 Å². The van der Waals surface area contributed by atoms with E-state index in [4.69, 9.17) is 4.74 Å². The summed E-state index contributed by atoms with van der Waals surface area (Å²) in [7, 11) is 0. The van der Waals surface area contributed by atoms with Crippen LogP contribution in [0.15, 0.2) is 12.7 Å². The summed E-state index contributed by atoms with van der Waals surface area (Å²) in [4.78, 5) is 11.2. The van der Waals surface area contributed by atoms with E-state index in [9.17, 15) is 9.90 Å². The van der Waals surface area contributed by atoms with E-state index in [1.54, 1.807) is 0 Å². The molecule has 0 aromatic rings. The first-order valence-electron chi connectivity index (χ1n) is 5.57. The normalized spacial score (nSPS) is 14.3. The number of carbonyl (C=O) groups excluding carboxylic acids is 1. The van der Waals surface area contributed by atoms with Crippen molar-refractivity contribution in [3.05, 3.63) is 12.7 Å². The highest BCUT2D eigenvalue weighted by Crippen LogP contribution is 2.08. The number of hydrogen-bond acceptors (Lipinski definition) is 3. The van der Waals surface area contributed by atoms with Crippen LogP contribution >= 0.6 is 0 Å². The summed E-state index contributed by atoms with van der Waals surface area (Å²) in [6.07, 6.45) is 6.71. The van der Waals surface area contributed by atoms with Gasteiger partial charge in [0.05, 0.1) is 6.61 Å². The zero-order valence-corrected chi connectivity index (χ0v) is 9.79. The number of esters is 1. The van der Waals surface area contributed by atoms with Gasteiger partial charge in [0.15, 0.2) is 5.60 Å². The van der Waals surface area contributed by atoms with Crippen molar-refractivity contribution in [1.82, 2.24) is 0 Å². The molecule has 1 atom stereocenters. The van der Waals surface area contributed by atoms with Gasteiger partial charge < -0.3 is 9.84 Å². The highest BCUT2D eigenvalue weighted by molar-refractivity contribution is 5.80. The molecule has 0 aliphatic rings. The van der Waals surface area contributed by atoms with Gasteiger partial charge >= 0.3 is 5.97 Å². The monoisotopic (exact) mass is 214 g/mol. The molecule has 0 fully saturated rings. The van der Waals surface area contributed by atoms with Crippen LogP contribution in [0.1, 0.15) is 46.0 Å². The maximum Gasteiger partial charge on any atom is 0.341 e. The summed E-state index contributed by atoms with van der Waals surface area (Å²) in [5.74, 6) is -0.618. The molecule has 0 bridgehead atoms. The lowest BCUT2D eigenvalue weighted by Gasteiger charge is -2.16. The lowest BCUT2D eigenvalue weighted by atomic mass is 10.1. The van der Waals surface area contributed by atoms with Crippen LogP contribution in [-0.2, 0) is 9.53 Å². The summed E-state index contributed by atoms with van der Waals surface area (Å²) >= 11 is 0. The van der Waals surface area contributed by atoms with Crippen molar-refractivity contribution in [3.8, 4) is 0 Å². The van der Waals surface area contributed by atoms with Gasteiger partial charge in [0.25, 0.3) is 0 Å². The summed E-state index contributed by atoms with van der Waals surface area (Å²) < 4.78 is 4.92. The zero-order valence-electron chi connectivity index (χ0n) is 9.79. The first-order chi connectivity index (χ1) is 7.04. The van der Waals surface area contributed by atoms with E-state index in [0.29, 0.717) is 6.61 Å². The lowest BCUT2D eigenvalue weighted by Crippen LogP contribution is -2.34. The van der Waals surface area contributed by atoms with Crippen LogP contribution in [0.5, 0.6) is 0 Å². The van der Waals surface area contributed by atoms with Gasteiger partial charge in [0, 0.05) is 0 Å². The number of hydrogen-bond donors (Lipinski definition) is 1. The fraction of sp³-hybridized carbons (Fsp3) is 0.750. The number of rotatable bonds is 8. The van der Waals surface area contributed by atoms with E-state index in [1.807, 2.05) is 0 Å². The molecule has 1 N–H and O–H groups in total. The van der Waals surface area contributed by atoms with Gasteiger partial charge in [0.2, 0.25) is 0 Å². The molecule has 0 spiro atoms. The Labute approximate surface area is 92.1 Å². The summed E-state index contributed by atoms with van der Waals surface area (Å²) in [6, 6.07) is 0. The van der Waals surface area contributed by atoms with Gasteiger partial charge in [-0.2, -0.15) is 0 Å². The van der Waals surface area contributed by atoms with Crippen LogP contribution < -0.4 is 0 Å². The molecular weight excluding hydrogens is 192 g/mol. The van der Waals surface area contributed by atoms with Gasteiger partial charge in [-0.25, -0.2) is 4.79 Å². The standard InChI is InChI=1S/C12H22O3/c1-4-6-7-8-9-10-15-11(13)12(3,14)5-2/h5,14H,2,4,6-10H2,1,3H3. The largest absolute Gasteiger partial charge is 0.463 e. The van der Waals surface area contributed by atoms with E-state index in [0.717, 1.165) is 12.8 Å². The molecule has 0 saturated heterocycles. The second-order valence-electron chi connectivity index (χ2n) is 3.90. The van der Waals surface area contributed by atoms with E-state index in [2.05, 4.69) is 13.5 Å². The smallest absolute Gasteiger partial charge is 0.341 e. The first kappa shape index (κ1) is 14.2. The van der Waals surface area contributed by atoms with Crippen molar-refractivity contribution in [2.24, 2.45) is 0 Å². The molecule has 3 heteroatoms. The average Bonchev–Trinajstić information content (AvgIpc) is 2.22. The van der Waals surface area contributed by atoms with Crippen molar-refractivity contribution < 1.29 is 14.6 Å². The van der Waals surface area contributed by atoms with Gasteiger partial charge in [0.1, 0.15) is 0 Å². The molecule has 0 aromatic heterocycles. The molecule has 15 heavy (non-hydrogen) atoms. The number of aliphatic hydroxyl groups is 1. The zero-order chi connectivity index (χ0) is 11.7. The van der Waals surface area contributed by atoms with Crippen molar-refractivity contribution >= 4 is 5.97 Å². The Hall–Kier alpha value is -0.830. The predicted molar refractivity (Wildman–Crippen MR) is 60.5 cm³/mol. The molecule has 1 unspecified atom stereocenters. The van der Waals surface area contributed by atoms with Crippen LogP contribution in [0.3, 0.4) is 0 Å². The second kappa shape index (κ2) is 7.46. The summed E-state index contributed by atoms with van der Waals surface area (Å²) in [5, 5.41) is 9.44. The van der Waals surface area contributed by atoms with E-state index in [-0.39, 0.29) is 0 Å². The van der Waals surface area contributed by atoms with E-state index >= 15 is 0 Å². The van der Waals surface area contributed by atoms with Crippen molar-refractivity contribution in [1.29, 1.82) is 0 Å². The van der Waals surface area contributed by atoms with Crippen molar-refractivity contribution in [2.45, 2.75) is 51.6 Å². The fourth-order valence-corrected chi connectivity index (χ4v) is 1.10. The minimum absolute atomic E-state index is 0.381. The quantitative estimate of drug-likeness (QED) is 0.383. The van der Waals surface area contributed by atoms with Gasteiger partial charge in [-0.1, -0.05) is 39.2 Å². The molecular formula is C12H22O3. The first-order valence-corrected chi connectivity index (χ1v) is 5.57. The summed E-state index contributed by atoms with van der Waals surface area (Å²) in [6.45, 7) is 7.28. The predicted octanol–water partition coefficient (Wildman–Crippen LogP) is 2.44. The Morgan fingerprint density at radius 1 is 1.40 bits per heavy atom. The maximum absolute atomic E-state index is 11.2. The SMILES string of the molecule is C=CC(C)(O)C(=O)OCCCCCCC. The molecule has 0 rings (SSSR count). The molecule has 88 valence electrons. The third-order valence-electron chi connectivity index (χ3n) is 2.29. The number of ether oxygens (including phenoxy) is 1. The minimum Gasteiger partial charge on any atom is -0.463 e. The minimum atomic E-state index is -1.55. The molecule has 0 aliphatic heterocycles. The molecule has 0 amide bonds. The van der Waals surface area contributed by atoms with Gasteiger partial charge in [-0.15, -0.1) is 0 Å². The summed E-state index contributed by atoms with van der Waals surface area (Å²) in [5.41, 5.74) is -1.55. The molecule has 0 aromatic carbocycles. The molecule has 0 radical (unpaired) electrons. The Bertz CT molecular complexity index is 197. The molecule has 0 heterocycles. The topological polar surface area (TPSA) is 46.5 Å². The Morgan fingerprint density at radius 2 is 2.00 bits per heavy atom. The van der Waals surface area contributed by atoms with E-state index < -0.39 is 11.6 Å². The Morgan fingerprint density at radius 3 is 2.53 bits per heavy atom. The van der Waals surface area contributed by atoms with Crippen LogP contribution in [0.4, 0.5) is 0 Å². The third-order valence-corrected chi connectivity index (χ3v) is 2.29. The fourth-order valence-electron chi connectivity index (χ4n) is 1.10. The van der Waals surface area contributed by atoms with Crippen LogP contribution in [0, 0.1) is 0 Å². The lowest BCUT2D eigenvalue weighted by molar-refractivity contribution is -0.159. The highest BCUT2D eigenvalue weighted by atomic mass is 16.5. The maximum atomic E-state index is 11.2.